The third-order valence-electron chi connectivity index (χ3n) is 3.69. The van der Waals surface area contributed by atoms with Crippen LogP contribution in [0.15, 0.2) is 0 Å². The van der Waals surface area contributed by atoms with Gasteiger partial charge in [-0.2, -0.15) is 0 Å². The van der Waals surface area contributed by atoms with Gasteiger partial charge in [0, 0.05) is 26.0 Å². The van der Waals surface area contributed by atoms with E-state index in [2.05, 4.69) is 21.7 Å². The highest BCUT2D eigenvalue weighted by molar-refractivity contribution is 5.01. The summed E-state index contributed by atoms with van der Waals surface area (Å²) in [4.78, 5) is 0. The number of ether oxygens (including phenoxy) is 1. The van der Waals surface area contributed by atoms with Gasteiger partial charge in [-0.05, 0) is 25.2 Å². The van der Waals surface area contributed by atoms with Crippen molar-refractivity contribution >= 4 is 0 Å². The van der Waals surface area contributed by atoms with Crippen LogP contribution in [0.5, 0.6) is 0 Å². The molecule has 1 aromatic rings. The number of hydrogen-bond donors (Lipinski definition) is 0. The molecular weight excluding hydrogens is 202 g/mol. The zero-order chi connectivity index (χ0) is 11.0. The van der Waals surface area contributed by atoms with Crippen molar-refractivity contribution in [3.05, 3.63) is 11.6 Å². The van der Waals surface area contributed by atoms with E-state index in [1.165, 1.54) is 25.1 Å². The molecule has 2 unspecified atom stereocenters. The molecule has 0 bridgehead atoms. The predicted molar refractivity (Wildman–Crippen MR) is 60.2 cm³/mol. The van der Waals surface area contributed by atoms with Gasteiger partial charge in [0.05, 0.1) is 6.10 Å². The molecule has 1 aromatic heterocycles. The Labute approximate surface area is 96.0 Å². The number of rotatable bonds is 2. The first-order chi connectivity index (χ1) is 7.83. The largest absolute Gasteiger partial charge is 0.378 e. The molecule has 0 radical (unpaired) electrons. The minimum atomic E-state index is 0.380. The van der Waals surface area contributed by atoms with Crippen LogP contribution in [-0.4, -0.2) is 27.5 Å². The van der Waals surface area contributed by atoms with Crippen molar-refractivity contribution in [2.24, 2.45) is 5.92 Å². The lowest BCUT2D eigenvalue weighted by Crippen LogP contribution is -2.22. The molecule has 3 heterocycles. The van der Waals surface area contributed by atoms with Gasteiger partial charge in [0.1, 0.15) is 11.6 Å². The Hall–Kier alpha value is -0.900. The lowest BCUT2D eigenvalue weighted by atomic mass is 10.0. The molecule has 16 heavy (non-hydrogen) atoms. The van der Waals surface area contributed by atoms with Crippen LogP contribution in [0, 0.1) is 5.92 Å². The van der Waals surface area contributed by atoms with Crippen LogP contribution in [0.3, 0.4) is 0 Å². The Morgan fingerprint density at radius 2 is 2.31 bits per heavy atom. The van der Waals surface area contributed by atoms with Crippen LogP contribution >= 0.6 is 0 Å². The van der Waals surface area contributed by atoms with Gasteiger partial charge in [-0.25, -0.2) is 0 Å². The molecule has 1 fully saturated rings. The SMILES string of the molecule is CC1CCc2nnc(CC3CCCO3)n2C1. The number of aryl methyl sites for hydroxylation is 1. The third-order valence-corrected chi connectivity index (χ3v) is 3.69. The van der Waals surface area contributed by atoms with Crippen LogP contribution in [0.1, 0.15) is 37.8 Å². The lowest BCUT2D eigenvalue weighted by Gasteiger charge is -2.21. The van der Waals surface area contributed by atoms with Crippen LogP contribution in [0.25, 0.3) is 0 Å². The number of fused-ring (bicyclic) bond motifs is 1. The summed E-state index contributed by atoms with van der Waals surface area (Å²) in [7, 11) is 0. The summed E-state index contributed by atoms with van der Waals surface area (Å²) in [5, 5.41) is 8.62. The maximum atomic E-state index is 5.66. The number of nitrogens with zero attached hydrogens (tertiary/aromatic N) is 3. The fourth-order valence-corrected chi connectivity index (χ4v) is 2.71. The van der Waals surface area contributed by atoms with Crippen molar-refractivity contribution < 1.29 is 4.74 Å². The van der Waals surface area contributed by atoms with Gasteiger partial charge in [-0.15, -0.1) is 10.2 Å². The van der Waals surface area contributed by atoms with Crippen molar-refractivity contribution in [1.82, 2.24) is 14.8 Å². The van der Waals surface area contributed by atoms with Crippen LogP contribution < -0.4 is 0 Å². The maximum absolute atomic E-state index is 5.66. The van der Waals surface area contributed by atoms with E-state index in [1.807, 2.05) is 0 Å². The Morgan fingerprint density at radius 1 is 1.38 bits per heavy atom. The summed E-state index contributed by atoms with van der Waals surface area (Å²) in [6.45, 7) is 4.31. The van der Waals surface area contributed by atoms with E-state index in [-0.39, 0.29) is 0 Å². The maximum Gasteiger partial charge on any atom is 0.135 e. The topological polar surface area (TPSA) is 39.9 Å². The van der Waals surface area contributed by atoms with E-state index in [0.29, 0.717) is 6.10 Å². The molecule has 2 aliphatic heterocycles. The minimum absolute atomic E-state index is 0.380. The first-order valence-electron chi connectivity index (χ1n) is 6.35. The molecule has 4 nitrogen and oxygen atoms in total. The Balaban J connectivity index is 1.77. The minimum Gasteiger partial charge on any atom is -0.378 e. The highest BCUT2D eigenvalue weighted by atomic mass is 16.5. The second-order valence-electron chi connectivity index (χ2n) is 5.13. The third kappa shape index (κ3) is 1.86. The fourth-order valence-electron chi connectivity index (χ4n) is 2.71. The molecule has 2 atom stereocenters. The molecule has 2 aliphatic rings. The zero-order valence-corrected chi connectivity index (χ0v) is 9.85. The summed E-state index contributed by atoms with van der Waals surface area (Å²) in [6, 6.07) is 0. The van der Waals surface area contributed by atoms with Gasteiger partial charge in [0.15, 0.2) is 0 Å². The average molecular weight is 221 g/mol. The number of aromatic nitrogens is 3. The molecule has 4 heteroatoms. The van der Waals surface area contributed by atoms with Gasteiger partial charge in [-0.1, -0.05) is 6.92 Å². The fraction of sp³-hybridized carbons (Fsp3) is 0.833. The standard InChI is InChI=1S/C12H19N3O/c1-9-4-5-11-13-14-12(15(11)8-9)7-10-3-2-6-16-10/h9-10H,2-8H2,1H3. The molecule has 0 amide bonds. The average Bonchev–Trinajstić information content (AvgIpc) is 2.90. The molecule has 0 aromatic carbocycles. The Morgan fingerprint density at radius 3 is 3.12 bits per heavy atom. The smallest absolute Gasteiger partial charge is 0.135 e. The molecule has 1 saturated heterocycles. The van der Waals surface area contributed by atoms with Gasteiger partial charge < -0.3 is 9.30 Å². The van der Waals surface area contributed by atoms with Gasteiger partial charge >= 0.3 is 0 Å². The second kappa shape index (κ2) is 4.17. The van der Waals surface area contributed by atoms with Gasteiger partial charge in [0.25, 0.3) is 0 Å². The normalized spacial score (nSPS) is 29.3. The van der Waals surface area contributed by atoms with Crippen LogP contribution in [0.2, 0.25) is 0 Å². The van der Waals surface area contributed by atoms with Gasteiger partial charge in [-0.3, -0.25) is 0 Å². The second-order valence-corrected chi connectivity index (χ2v) is 5.13. The highest BCUT2D eigenvalue weighted by Gasteiger charge is 2.23. The Bertz CT molecular complexity index is 368. The molecule has 0 saturated carbocycles. The van der Waals surface area contributed by atoms with E-state index < -0.39 is 0 Å². The summed E-state index contributed by atoms with van der Waals surface area (Å²) in [5.41, 5.74) is 0. The Kier molecular flexibility index (Phi) is 2.67. The van der Waals surface area contributed by atoms with Crippen molar-refractivity contribution in [1.29, 1.82) is 0 Å². The van der Waals surface area contributed by atoms with E-state index >= 15 is 0 Å². The molecule has 88 valence electrons. The van der Waals surface area contributed by atoms with E-state index in [9.17, 15) is 0 Å². The summed E-state index contributed by atoms with van der Waals surface area (Å²) >= 11 is 0. The first kappa shape index (κ1) is 10.3. The highest BCUT2D eigenvalue weighted by Crippen LogP contribution is 2.22. The van der Waals surface area contributed by atoms with Crippen molar-refractivity contribution in [2.75, 3.05) is 6.61 Å². The van der Waals surface area contributed by atoms with Crippen molar-refractivity contribution in [2.45, 2.75) is 51.7 Å². The van der Waals surface area contributed by atoms with E-state index in [0.717, 1.165) is 37.7 Å². The quantitative estimate of drug-likeness (QED) is 0.761. The molecule has 3 rings (SSSR count). The first-order valence-corrected chi connectivity index (χ1v) is 6.35. The van der Waals surface area contributed by atoms with Crippen LogP contribution in [0.4, 0.5) is 0 Å². The summed E-state index contributed by atoms with van der Waals surface area (Å²) < 4.78 is 7.98. The summed E-state index contributed by atoms with van der Waals surface area (Å²) in [6.07, 6.45) is 6.03. The number of hydrogen-bond acceptors (Lipinski definition) is 3. The molecule has 0 aliphatic carbocycles. The summed E-state index contributed by atoms with van der Waals surface area (Å²) in [5.74, 6) is 3.06. The predicted octanol–water partition coefficient (Wildman–Crippen LogP) is 1.58. The van der Waals surface area contributed by atoms with E-state index in [1.54, 1.807) is 0 Å². The van der Waals surface area contributed by atoms with Gasteiger partial charge in [0.2, 0.25) is 0 Å². The molecule has 0 spiro atoms. The van der Waals surface area contributed by atoms with Crippen molar-refractivity contribution in [3.8, 4) is 0 Å². The zero-order valence-electron chi connectivity index (χ0n) is 9.85. The van der Waals surface area contributed by atoms with Crippen LogP contribution in [-0.2, 0) is 24.1 Å². The van der Waals surface area contributed by atoms with E-state index in [4.69, 9.17) is 4.74 Å². The lowest BCUT2D eigenvalue weighted by molar-refractivity contribution is 0.108. The monoisotopic (exact) mass is 221 g/mol. The molecule has 0 N–H and O–H groups in total. The van der Waals surface area contributed by atoms with Crippen molar-refractivity contribution in [3.63, 3.8) is 0 Å². The molecular formula is C12H19N3O.